The first-order chi connectivity index (χ1) is 8.04. The highest BCUT2D eigenvalue weighted by atomic mass is 16.3. The van der Waals surface area contributed by atoms with E-state index in [1.54, 1.807) is 0 Å². The second-order valence-corrected chi connectivity index (χ2v) is 5.88. The maximum absolute atomic E-state index is 9.45. The number of likely N-dealkylation sites (tertiary alicyclic amines) is 1. The van der Waals surface area contributed by atoms with Crippen molar-refractivity contribution in [2.75, 3.05) is 6.54 Å². The van der Waals surface area contributed by atoms with Crippen molar-refractivity contribution in [2.24, 2.45) is 0 Å². The highest BCUT2D eigenvalue weighted by Gasteiger charge is 2.34. The van der Waals surface area contributed by atoms with Gasteiger partial charge in [-0.1, -0.05) is 24.3 Å². The molecule has 1 aromatic carbocycles. The minimum atomic E-state index is 0.144. The zero-order chi connectivity index (χ0) is 12.5. The smallest absolute Gasteiger partial charge is 0.0685 e. The van der Waals surface area contributed by atoms with Crippen LogP contribution in [0.4, 0.5) is 0 Å². The topological polar surface area (TPSA) is 23.5 Å². The summed E-state index contributed by atoms with van der Waals surface area (Å²) in [6, 6.07) is 8.76. The van der Waals surface area contributed by atoms with Gasteiger partial charge >= 0.3 is 0 Å². The Kier molecular flexibility index (Phi) is 3.55. The van der Waals surface area contributed by atoms with Crippen molar-refractivity contribution in [2.45, 2.75) is 51.8 Å². The molecule has 2 nitrogen and oxygen atoms in total. The van der Waals surface area contributed by atoms with Gasteiger partial charge in [-0.2, -0.15) is 0 Å². The second kappa shape index (κ2) is 4.79. The Labute approximate surface area is 104 Å². The Balaban J connectivity index is 2.32. The average molecular weight is 233 g/mol. The molecule has 1 fully saturated rings. The molecule has 94 valence electrons. The first kappa shape index (κ1) is 12.6. The molecule has 1 aliphatic heterocycles. The van der Waals surface area contributed by atoms with Gasteiger partial charge in [0.05, 0.1) is 6.61 Å². The number of rotatable bonds is 2. The molecule has 0 radical (unpaired) electrons. The summed E-state index contributed by atoms with van der Waals surface area (Å²) in [4.78, 5) is 2.56. The van der Waals surface area contributed by atoms with E-state index in [9.17, 15) is 5.11 Å². The molecular formula is C15H23NO. The van der Waals surface area contributed by atoms with Crippen LogP contribution in [0.15, 0.2) is 24.3 Å². The Morgan fingerprint density at radius 2 is 2.00 bits per heavy atom. The Morgan fingerprint density at radius 1 is 1.29 bits per heavy atom. The van der Waals surface area contributed by atoms with Crippen LogP contribution in [0.25, 0.3) is 0 Å². The lowest BCUT2D eigenvalue weighted by Gasteiger charge is -2.37. The molecule has 1 aromatic rings. The van der Waals surface area contributed by atoms with Gasteiger partial charge in [-0.05, 0) is 51.3 Å². The molecule has 0 bridgehead atoms. The quantitative estimate of drug-likeness (QED) is 0.848. The summed E-state index contributed by atoms with van der Waals surface area (Å²) in [5.41, 5.74) is 2.58. The first-order valence-corrected chi connectivity index (χ1v) is 6.49. The van der Waals surface area contributed by atoms with Gasteiger partial charge in [0.15, 0.2) is 0 Å². The van der Waals surface area contributed by atoms with E-state index in [-0.39, 0.29) is 12.1 Å². The second-order valence-electron chi connectivity index (χ2n) is 5.88. The Bertz CT molecular complexity index is 381. The van der Waals surface area contributed by atoms with Gasteiger partial charge in [-0.15, -0.1) is 0 Å². The molecule has 1 aliphatic rings. The molecule has 1 N–H and O–H groups in total. The molecule has 2 rings (SSSR count). The predicted octanol–water partition coefficient (Wildman–Crippen LogP) is 3.11. The highest BCUT2D eigenvalue weighted by Crippen LogP contribution is 2.38. The lowest BCUT2D eigenvalue weighted by atomic mass is 9.95. The van der Waals surface area contributed by atoms with Crippen LogP contribution in [-0.4, -0.2) is 22.1 Å². The van der Waals surface area contributed by atoms with E-state index in [2.05, 4.69) is 37.8 Å². The summed E-state index contributed by atoms with van der Waals surface area (Å²) in [6.07, 6.45) is 2.45. The third-order valence-electron chi connectivity index (χ3n) is 3.70. The fourth-order valence-corrected chi connectivity index (χ4v) is 2.90. The molecule has 0 aliphatic carbocycles. The van der Waals surface area contributed by atoms with E-state index < -0.39 is 0 Å². The van der Waals surface area contributed by atoms with E-state index >= 15 is 0 Å². The number of nitrogens with zero attached hydrogens (tertiary/aromatic N) is 1. The van der Waals surface area contributed by atoms with Crippen LogP contribution in [0.5, 0.6) is 0 Å². The highest BCUT2D eigenvalue weighted by molar-refractivity contribution is 5.30. The van der Waals surface area contributed by atoms with Crippen LogP contribution in [-0.2, 0) is 6.61 Å². The van der Waals surface area contributed by atoms with Crippen molar-refractivity contribution >= 4 is 0 Å². The number of hydrogen-bond acceptors (Lipinski definition) is 2. The summed E-state index contributed by atoms with van der Waals surface area (Å²) >= 11 is 0. The van der Waals surface area contributed by atoms with Crippen LogP contribution in [0.1, 0.15) is 50.8 Å². The molecule has 0 aromatic heterocycles. The van der Waals surface area contributed by atoms with E-state index in [1.807, 2.05) is 12.1 Å². The molecule has 1 saturated heterocycles. The number of hydrogen-bond donors (Lipinski definition) is 1. The minimum Gasteiger partial charge on any atom is -0.392 e. The van der Waals surface area contributed by atoms with Gasteiger partial charge in [-0.3, -0.25) is 4.90 Å². The monoisotopic (exact) mass is 233 g/mol. The third kappa shape index (κ3) is 2.53. The van der Waals surface area contributed by atoms with E-state index in [0.717, 1.165) is 12.1 Å². The van der Waals surface area contributed by atoms with Crippen LogP contribution in [0.3, 0.4) is 0 Å². The molecule has 2 heteroatoms. The summed E-state index contributed by atoms with van der Waals surface area (Å²) in [5, 5.41) is 9.45. The fourth-order valence-electron chi connectivity index (χ4n) is 2.90. The maximum Gasteiger partial charge on any atom is 0.0685 e. The maximum atomic E-state index is 9.45. The van der Waals surface area contributed by atoms with Gasteiger partial charge < -0.3 is 5.11 Å². The zero-order valence-corrected chi connectivity index (χ0v) is 11.1. The van der Waals surface area contributed by atoms with Gasteiger partial charge in [0.25, 0.3) is 0 Å². The van der Waals surface area contributed by atoms with E-state index in [0.29, 0.717) is 6.04 Å². The summed E-state index contributed by atoms with van der Waals surface area (Å²) in [6.45, 7) is 8.12. The normalized spacial score (nSPS) is 22.0. The van der Waals surface area contributed by atoms with E-state index in [1.165, 1.54) is 18.4 Å². The number of benzene rings is 1. The van der Waals surface area contributed by atoms with Crippen molar-refractivity contribution in [3.8, 4) is 0 Å². The predicted molar refractivity (Wildman–Crippen MR) is 70.8 cm³/mol. The van der Waals surface area contributed by atoms with Gasteiger partial charge in [0.2, 0.25) is 0 Å². The number of aliphatic hydroxyl groups excluding tert-OH is 1. The summed E-state index contributed by atoms with van der Waals surface area (Å²) in [5.74, 6) is 0. The summed E-state index contributed by atoms with van der Waals surface area (Å²) in [7, 11) is 0. The third-order valence-corrected chi connectivity index (χ3v) is 3.70. The summed E-state index contributed by atoms with van der Waals surface area (Å²) < 4.78 is 0. The first-order valence-electron chi connectivity index (χ1n) is 6.49. The minimum absolute atomic E-state index is 0.144. The largest absolute Gasteiger partial charge is 0.392 e. The molecule has 1 atom stereocenters. The molecule has 0 saturated carbocycles. The van der Waals surface area contributed by atoms with Crippen molar-refractivity contribution in [3.05, 3.63) is 35.4 Å². The lowest BCUT2D eigenvalue weighted by molar-refractivity contribution is 0.120. The molecule has 1 unspecified atom stereocenters. The fraction of sp³-hybridized carbons (Fsp3) is 0.600. The van der Waals surface area contributed by atoms with Crippen LogP contribution in [0, 0.1) is 0 Å². The van der Waals surface area contributed by atoms with Gasteiger partial charge in [0, 0.05) is 11.6 Å². The molecular weight excluding hydrogens is 210 g/mol. The van der Waals surface area contributed by atoms with Crippen molar-refractivity contribution in [3.63, 3.8) is 0 Å². The average Bonchev–Trinajstić information content (AvgIpc) is 2.77. The lowest BCUT2D eigenvalue weighted by Crippen LogP contribution is -2.40. The van der Waals surface area contributed by atoms with Crippen molar-refractivity contribution in [1.82, 2.24) is 4.90 Å². The number of aliphatic hydroxyl groups is 1. The van der Waals surface area contributed by atoms with Crippen molar-refractivity contribution < 1.29 is 5.11 Å². The van der Waals surface area contributed by atoms with E-state index in [4.69, 9.17) is 0 Å². The van der Waals surface area contributed by atoms with Crippen LogP contribution < -0.4 is 0 Å². The van der Waals surface area contributed by atoms with Crippen molar-refractivity contribution in [1.29, 1.82) is 0 Å². The van der Waals surface area contributed by atoms with Crippen LogP contribution in [0.2, 0.25) is 0 Å². The van der Waals surface area contributed by atoms with Gasteiger partial charge in [-0.25, -0.2) is 0 Å². The molecule has 1 heterocycles. The Hall–Kier alpha value is -0.860. The van der Waals surface area contributed by atoms with Crippen LogP contribution >= 0.6 is 0 Å². The zero-order valence-electron chi connectivity index (χ0n) is 11.1. The SMILES string of the molecule is CC(C)(C)N1CCCC1c1ccccc1CO. The molecule has 0 spiro atoms. The molecule has 17 heavy (non-hydrogen) atoms. The molecule has 0 amide bonds. The Morgan fingerprint density at radius 3 is 2.65 bits per heavy atom. The standard InChI is InChI=1S/C15H23NO/c1-15(2,3)16-10-6-9-14(16)13-8-5-4-7-12(13)11-17/h4-5,7-8,14,17H,6,9-11H2,1-3H3. The van der Waals surface area contributed by atoms with Gasteiger partial charge in [0.1, 0.15) is 0 Å².